The number of nitrogens with two attached hydrogens (primary N) is 1. The van der Waals surface area contributed by atoms with Gasteiger partial charge in [-0.05, 0) is 12.1 Å². The van der Waals surface area contributed by atoms with Crippen molar-refractivity contribution in [1.29, 1.82) is 0 Å². The lowest BCUT2D eigenvalue weighted by molar-refractivity contribution is 0.0196. The Morgan fingerprint density at radius 2 is 2.16 bits per heavy atom. The molecule has 1 aliphatic heterocycles. The number of ether oxygens (including phenoxy) is 2. The van der Waals surface area contributed by atoms with Crippen LogP contribution in [0.25, 0.3) is 0 Å². The molecule has 0 radical (unpaired) electrons. The molecule has 1 aliphatic rings. The first-order chi connectivity index (χ1) is 9.18. The van der Waals surface area contributed by atoms with Crippen molar-refractivity contribution >= 4 is 23.3 Å². The zero-order valence-corrected chi connectivity index (χ0v) is 11.4. The van der Waals surface area contributed by atoms with Crippen LogP contribution in [-0.2, 0) is 9.47 Å². The normalized spacial score (nSPS) is 16.3. The molecule has 2 rings (SSSR count). The number of hydrogen-bond donors (Lipinski definition) is 1. The van der Waals surface area contributed by atoms with Crippen molar-refractivity contribution in [3.8, 4) is 0 Å². The van der Waals surface area contributed by atoms with E-state index in [9.17, 15) is 4.79 Å². The maximum atomic E-state index is 11.9. The summed E-state index contributed by atoms with van der Waals surface area (Å²) in [7, 11) is 0. The number of hydrogen-bond acceptors (Lipinski definition) is 5. The highest BCUT2D eigenvalue weighted by molar-refractivity contribution is 6.33. The molecule has 1 saturated heterocycles. The summed E-state index contributed by atoms with van der Waals surface area (Å²) in [6, 6.07) is 4.93. The monoisotopic (exact) mass is 284 g/mol. The first-order valence-electron chi connectivity index (χ1n) is 6.19. The predicted octanol–water partition coefficient (Wildman–Crippen LogP) is 1.41. The molecular weight excluding hydrogens is 268 g/mol. The van der Waals surface area contributed by atoms with Crippen LogP contribution in [0.1, 0.15) is 10.4 Å². The van der Waals surface area contributed by atoms with Crippen molar-refractivity contribution in [2.24, 2.45) is 0 Å². The minimum absolute atomic E-state index is 0.264. The molecule has 0 saturated carbocycles. The van der Waals surface area contributed by atoms with Crippen LogP contribution in [0.4, 0.5) is 5.69 Å². The summed E-state index contributed by atoms with van der Waals surface area (Å²) >= 11 is 5.86. The van der Waals surface area contributed by atoms with Crippen LogP contribution in [0.15, 0.2) is 18.2 Å². The summed E-state index contributed by atoms with van der Waals surface area (Å²) < 4.78 is 10.5. The van der Waals surface area contributed by atoms with Gasteiger partial charge in [0.1, 0.15) is 6.61 Å². The first-order valence-corrected chi connectivity index (χ1v) is 6.57. The quantitative estimate of drug-likeness (QED) is 0.669. The van der Waals surface area contributed by atoms with Gasteiger partial charge in [-0.25, -0.2) is 4.79 Å². The van der Waals surface area contributed by atoms with Gasteiger partial charge in [0.15, 0.2) is 0 Å². The Morgan fingerprint density at radius 1 is 1.42 bits per heavy atom. The van der Waals surface area contributed by atoms with Crippen LogP contribution in [0.5, 0.6) is 0 Å². The van der Waals surface area contributed by atoms with Gasteiger partial charge in [-0.3, -0.25) is 4.90 Å². The van der Waals surface area contributed by atoms with Gasteiger partial charge in [-0.15, -0.1) is 0 Å². The van der Waals surface area contributed by atoms with E-state index in [0.717, 1.165) is 26.3 Å². The van der Waals surface area contributed by atoms with Crippen molar-refractivity contribution in [2.45, 2.75) is 0 Å². The summed E-state index contributed by atoms with van der Waals surface area (Å²) in [5.74, 6) is -0.437. The average molecular weight is 285 g/mol. The van der Waals surface area contributed by atoms with Crippen molar-refractivity contribution < 1.29 is 14.3 Å². The Hall–Kier alpha value is -1.30. The highest BCUT2D eigenvalue weighted by Crippen LogP contribution is 2.22. The molecule has 0 bridgehead atoms. The van der Waals surface area contributed by atoms with Crippen LogP contribution < -0.4 is 5.73 Å². The predicted molar refractivity (Wildman–Crippen MR) is 73.4 cm³/mol. The molecule has 1 aromatic carbocycles. The molecule has 0 unspecified atom stereocenters. The van der Waals surface area contributed by atoms with E-state index in [-0.39, 0.29) is 5.69 Å². The van der Waals surface area contributed by atoms with Crippen molar-refractivity contribution in [3.05, 3.63) is 28.8 Å². The smallest absolute Gasteiger partial charge is 0.340 e. The zero-order chi connectivity index (χ0) is 13.7. The maximum absolute atomic E-state index is 11.9. The Morgan fingerprint density at radius 3 is 2.89 bits per heavy atom. The van der Waals surface area contributed by atoms with E-state index in [1.54, 1.807) is 18.2 Å². The van der Waals surface area contributed by atoms with Crippen LogP contribution >= 0.6 is 11.6 Å². The summed E-state index contributed by atoms with van der Waals surface area (Å²) in [6.07, 6.45) is 0. The molecule has 0 atom stereocenters. The maximum Gasteiger partial charge on any atom is 0.340 e. The third-order valence-corrected chi connectivity index (χ3v) is 3.35. The van der Waals surface area contributed by atoms with Gasteiger partial charge in [0, 0.05) is 19.6 Å². The van der Waals surface area contributed by atoms with Gasteiger partial charge in [0.25, 0.3) is 0 Å². The SMILES string of the molecule is Nc1c(Cl)cccc1C(=O)OCCN1CCOCC1. The van der Waals surface area contributed by atoms with E-state index in [2.05, 4.69) is 4.90 Å². The lowest BCUT2D eigenvalue weighted by Crippen LogP contribution is -2.38. The van der Waals surface area contributed by atoms with E-state index >= 15 is 0 Å². The fourth-order valence-corrected chi connectivity index (χ4v) is 2.06. The lowest BCUT2D eigenvalue weighted by atomic mass is 10.2. The number of para-hydroxylation sites is 1. The topological polar surface area (TPSA) is 64.8 Å². The Balaban J connectivity index is 1.82. The third kappa shape index (κ3) is 3.83. The van der Waals surface area contributed by atoms with Gasteiger partial charge >= 0.3 is 5.97 Å². The van der Waals surface area contributed by atoms with Crippen LogP contribution in [0.3, 0.4) is 0 Å². The molecule has 19 heavy (non-hydrogen) atoms. The fourth-order valence-electron chi connectivity index (χ4n) is 1.88. The average Bonchev–Trinajstić information content (AvgIpc) is 2.43. The highest BCUT2D eigenvalue weighted by atomic mass is 35.5. The van der Waals surface area contributed by atoms with Crippen molar-refractivity contribution in [3.63, 3.8) is 0 Å². The standard InChI is InChI=1S/C13H17ClN2O3/c14-11-3-1-2-10(12(11)15)13(17)19-9-6-16-4-7-18-8-5-16/h1-3H,4-9,15H2. The molecule has 2 N–H and O–H groups in total. The van der Waals surface area contributed by atoms with Crippen molar-refractivity contribution in [1.82, 2.24) is 4.90 Å². The molecule has 0 aliphatic carbocycles. The largest absolute Gasteiger partial charge is 0.461 e. The molecule has 5 nitrogen and oxygen atoms in total. The number of morpholine rings is 1. The number of esters is 1. The number of benzene rings is 1. The van der Waals surface area contributed by atoms with Gasteiger partial charge in [-0.2, -0.15) is 0 Å². The molecule has 104 valence electrons. The molecule has 1 fully saturated rings. The molecule has 1 aromatic rings. The van der Waals surface area contributed by atoms with Gasteiger partial charge < -0.3 is 15.2 Å². The second-order valence-electron chi connectivity index (χ2n) is 4.29. The molecule has 0 spiro atoms. The number of halogens is 1. The second kappa shape index (κ2) is 6.75. The molecule has 1 heterocycles. The van der Waals surface area contributed by atoms with E-state index in [4.69, 9.17) is 26.8 Å². The number of carbonyl (C=O) groups excluding carboxylic acids is 1. The Kier molecular flexibility index (Phi) is 5.01. The van der Waals surface area contributed by atoms with E-state index < -0.39 is 5.97 Å². The number of anilines is 1. The number of nitrogen functional groups attached to an aromatic ring is 1. The summed E-state index contributed by atoms with van der Waals surface area (Å²) in [5.41, 5.74) is 6.32. The van der Waals surface area contributed by atoms with E-state index in [1.807, 2.05) is 0 Å². The van der Waals surface area contributed by atoms with Crippen molar-refractivity contribution in [2.75, 3.05) is 45.2 Å². The first kappa shape index (κ1) is 14.1. The number of carbonyl (C=O) groups is 1. The highest BCUT2D eigenvalue weighted by Gasteiger charge is 2.14. The Labute approximate surface area is 117 Å². The molecule has 0 aromatic heterocycles. The van der Waals surface area contributed by atoms with Crippen LogP contribution in [-0.4, -0.2) is 50.3 Å². The fraction of sp³-hybridized carbons (Fsp3) is 0.462. The zero-order valence-electron chi connectivity index (χ0n) is 10.6. The van der Waals surface area contributed by atoms with E-state index in [0.29, 0.717) is 23.7 Å². The minimum atomic E-state index is -0.437. The van der Waals surface area contributed by atoms with Gasteiger partial charge in [0.05, 0.1) is 29.5 Å². The number of rotatable bonds is 4. The lowest BCUT2D eigenvalue weighted by Gasteiger charge is -2.26. The Bertz CT molecular complexity index is 448. The second-order valence-corrected chi connectivity index (χ2v) is 4.70. The molecular formula is C13H17ClN2O3. The number of nitrogens with zero attached hydrogens (tertiary/aromatic N) is 1. The minimum Gasteiger partial charge on any atom is -0.461 e. The third-order valence-electron chi connectivity index (χ3n) is 3.02. The molecule has 6 heteroatoms. The van der Waals surface area contributed by atoms with Gasteiger partial charge in [0.2, 0.25) is 0 Å². The summed E-state index contributed by atoms with van der Waals surface area (Å²) in [4.78, 5) is 14.0. The molecule has 0 amide bonds. The van der Waals surface area contributed by atoms with E-state index in [1.165, 1.54) is 0 Å². The van der Waals surface area contributed by atoms with Crippen LogP contribution in [0.2, 0.25) is 5.02 Å². The summed E-state index contributed by atoms with van der Waals surface area (Å²) in [6.45, 7) is 4.25. The van der Waals surface area contributed by atoms with Crippen LogP contribution in [0, 0.1) is 0 Å². The summed E-state index contributed by atoms with van der Waals surface area (Å²) in [5, 5.41) is 0.364. The van der Waals surface area contributed by atoms with Gasteiger partial charge in [-0.1, -0.05) is 17.7 Å².